The predicted octanol–water partition coefficient (Wildman–Crippen LogP) is 4.92. The average molecular weight is 261 g/mol. The highest BCUT2D eigenvalue weighted by atomic mass is 35.5. The van der Waals surface area contributed by atoms with Gasteiger partial charge in [0.1, 0.15) is 5.38 Å². The molecule has 1 rings (SSSR count). The quantitative estimate of drug-likeness (QED) is 0.659. The predicted molar refractivity (Wildman–Crippen MR) is 69.2 cm³/mol. The third-order valence-electron chi connectivity index (χ3n) is 3.08. The summed E-state index contributed by atoms with van der Waals surface area (Å²) in [4.78, 5) is 0. The molecule has 1 unspecified atom stereocenters. The van der Waals surface area contributed by atoms with Gasteiger partial charge in [-0.1, -0.05) is 32.9 Å². The van der Waals surface area contributed by atoms with Gasteiger partial charge in [0.2, 0.25) is 0 Å². The lowest BCUT2D eigenvalue weighted by Gasteiger charge is -2.19. The van der Waals surface area contributed by atoms with Crippen LogP contribution in [0.2, 0.25) is 0 Å². The maximum absolute atomic E-state index is 12.8. The van der Waals surface area contributed by atoms with Crippen molar-refractivity contribution in [1.29, 1.82) is 0 Å². The van der Waals surface area contributed by atoms with Crippen LogP contribution in [0.4, 0.5) is 8.78 Å². The number of benzene rings is 1. The Morgan fingerprint density at radius 1 is 1.00 bits per heavy atom. The molecule has 1 aromatic rings. The van der Waals surface area contributed by atoms with Crippen LogP contribution < -0.4 is 0 Å². The second-order valence-corrected chi connectivity index (χ2v) is 4.59. The van der Waals surface area contributed by atoms with E-state index < -0.39 is 11.8 Å². The molecule has 0 saturated carbocycles. The molecule has 0 spiro atoms. The average Bonchev–Trinajstić information content (AvgIpc) is 2.35. The summed E-state index contributed by atoms with van der Waals surface area (Å²) in [5, 5.41) is -1.19. The number of hydrogen-bond acceptors (Lipinski definition) is 0. The van der Waals surface area contributed by atoms with E-state index in [-0.39, 0.29) is 0 Å². The zero-order valence-corrected chi connectivity index (χ0v) is 11.3. The van der Waals surface area contributed by atoms with Gasteiger partial charge in [0.15, 0.2) is 0 Å². The van der Waals surface area contributed by atoms with Gasteiger partial charge in [0.25, 0.3) is 6.43 Å². The fourth-order valence-corrected chi connectivity index (χ4v) is 2.40. The van der Waals surface area contributed by atoms with E-state index in [4.69, 9.17) is 11.6 Å². The molecule has 0 aliphatic carbocycles. The standard InChI is InChI=1S/C14H19ClF2/c1-4-9-7-10(5-2)12(11(6-3)8-9)13(15)14(16)17/h7-8,13-14H,4-6H2,1-3H3. The first kappa shape index (κ1) is 14.4. The third-order valence-corrected chi connectivity index (χ3v) is 3.49. The molecule has 0 saturated heterocycles. The fraction of sp³-hybridized carbons (Fsp3) is 0.571. The molecule has 0 bridgehead atoms. The van der Waals surface area contributed by atoms with Gasteiger partial charge in [-0.25, -0.2) is 8.78 Å². The monoisotopic (exact) mass is 260 g/mol. The lowest BCUT2D eigenvalue weighted by Crippen LogP contribution is -2.09. The van der Waals surface area contributed by atoms with Crippen LogP contribution in [-0.4, -0.2) is 6.43 Å². The van der Waals surface area contributed by atoms with Crippen LogP contribution in [0.3, 0.4) is 0 Å². The molecular weight excluding hydrogens is 242 g/mol. The van der Waals surface area contributed by atoms with Gasteiger partial charge in [-0.2, -0.15) is 0 Å². The Morgan fingerprint density at radius 2 is 1.47 bits per heavy atom. The number of halogens is 3. The first-order valence-corrected chi connectivity index (χ1v) is 6.55. The number of alkyl halides is 3. The summed E-state index contributed by atoms with van der Waals surface area (Å²) >= 11 is 5.85. The number of aryl methyl sites for hydroxylation is 3. The van der Waals surface area contributed by atoms with Gasteiger partial charge in [-0.15, -0.1) is 11.6 Å². The van der Waals surface area contributed by atoms with Crippen LogP contribution in [0.5, 0.6) is 0 Å². The zero-order valence-electron chi connectivity index (χ0n) is 10.6. The van der Waals surface area contributed by atoms with Crippen molar-refractivity contribution in [3.8, 4) is 0 Å². The zero-order chi connectivity index (χ0) is 13.0. The minimum atomic E-state index is -2.51. The van der Waals surface area contributed by atoms with E-state index in [1.165, 1.54) is 5.56 Å². The SMILES string of the molecule is CCc1cc(CC)c(C(Cl)C(F)F)c(CC)c1. The highest BCUT2D eigenvalue weighted by molar-refractivity contribution is 6.21. The Bertz CT molecular complexity index is 349. The van der Waals surface area contributed by atoms with E-state index >= 15 is 0 Å². The summed E-state index contributed by atoms with van der Waals surface area (Å²) < 4.78 is 25.6. The lowest BCUT2D eigenvalue weighted by atomic mass is 9.91. The second-order valence-electron chi connectivity index (χ2n) is 4.12. The summed E-state index contributed by atoms with van der Waals surface area (Å²) in [5.74, 6) is 0. The largest absolute Gasteiger partial charge is 0.258 e. The molecular formula is C14H19ClF2. The molecule has 96 valence electrons. The third kappa shape index (κ3) is 3.19. The molecule has 1 aromatic carbocycles. The van der Waals surface area contributed by atoms with Gasteiger partial charge in [0.05, 0.1) is 0 Å². The minimum Gasteiger partial charge on any atom is -0.208 e. The second kappa shape index (κ2) is 6.34. The van der Waals surface area contributed by atoms with Gasteiger partial charge in [-0.05, 0) is 41.5 Å². The molecule has 3 heteroatoms. The molecule has 1 atom stereocenters. The summed E-state index contributed by atoms with van der Waals surface area (Å²) in [7, 11) is 0. The Morgan fingerprint density at radius 3 is 1.76 bits per heavy atom. The first-order valence-electron chi connectivity index (χ1n) is 6.11. The topological polar surface area (TPSA) is 0 Å². The van der Waals surface area contributed by atoms with E-state index in [1.807, 2.05) is 26.0 Å². The lowest BCUT2D eigenvalue weighted by molar-refractivity contribution is 0.142. The van der Waals surface area contributed by atoms with Crippen LogP contribution in [0.1, 0.15) is 48.4 Å². The van der Waals surface area contributed by atoms with Crippen molar-refractivity contribution in [2.24, 2.45) is 0 Å². The van der Waals surface area contributed by atoms with Crippen molar-refractivity contribution in [3.63, 3.8) is 0 Å². The van der Waals surface area contributed by atoms with Crippen molar-refractivity contribution in [2.75, 3.05) is 0 Å². The molecule has 0 fully saturated rings. The number of rotatable bonds is 5. The van der Waals surface area contributed by atoms with Gasteiger partial charge in [-0.3, -0.25) is 0 Å². The van der Waals surface area contributed by atoms with Crippen LogP contribution in [0, 0.1) is 0 Å². The van der Waals surface area contributed by atoms with Crippen LogP contribution >= 0.6 is 11.6 Å². The number of hydrogen-bond donors (Lipinski definition) is 0. The highest BCUT2D eigenvalue weighted by Crippen LogP contribution is 2.34. The van der Waals surface area contributed by atoms with E-state index in [2.05, 4.69) is 6.92 Å². The van der Waals surface area contributed by atoms with Crippen LogP contribution in [0.25, 0.3) is 0 Å². The van der Waals surface area contributed by atoms with Crippen LogP contribution in [-0.2, 0) is 19.3 Å². The molecule has 0 aromatic heterocycles. The molecule has 0 nitrogen and oxygen atoms in total. The maximum atomic E-state index is 12.8. The molecule has 0 aliphatic rings. The molecule has 0 aliphatic heterocycles. The Hall–Kier alpha value is -0.630. The van der Waals surface area contributed by atoms with E-state index in [0.29, 0.717) is 5.56 Å². The van der Waals surface area contributed by atoms with Crippen molar-refractivity contribution in [3.05, 3.63) is 34.4 Å². The van der Waals surface area contributed by atoms with Crippen molar-refractivity contribution >= 4 is 11.6 Å². The summed E-state index contributed by atoms with van der Waals surface area (Å²) in [6.07, 6.45) is -0.111. The molecule has 0 N–H and O–H groups in total. The van der Waals surface area contributed by atoms with Crippen LogP contribution in [0.15, 0.2) is 12.1 Å². The maximum Gasteiger partial charge on any atom is 0.258 e. The summed E-state index contributed by atoms with van der Waals surface area (Å²) in [6.45, 7) is 6.03. The van der Waals surface area contributed by atoms with Gasteiger partial charge in [0, 0.05) is 0 Å². The van der Waals surface area contributed by atoms with Crippen molar-refractivity contribution in [1.82, 2.24) is 0 Å². The summed E-state index contributed by atoms with van der Waals surface area (Å²) in [5.41, 5.74) is 3.76. The van der Waals surface area contributed by atoms with E-state index in [1.54, 1.807) is 0 Å². The molecule has 0 radical (unpaired) electrons. The smallest absolute Gasteiger partial charge is 0.208 e. The fourth-order valence-electron chi connectivity index (χ4n) is 2.12. The summed E-state index contributed by atoms with van der Waals surface area (Å²) in [6, 6.07) is 4.01. The molecule has 17 heavy (non-hydrogen) atoms. The van der Waals surface area contributed by atoms with E-state index in [9.17, 15) is 8.78 Å². The molecule has 0 amide bonds. The highest BCUT2D eigenvalue weighted by Gasteiger charge is 2.24. The van der Waals surface area contributed by atoms with Gasteiger partial charge < -0.3 is 0 Å². The normalized spacial score (nSPS) is 13.1. The Labute approximate surface area is 107 Å². The molecule has 0 heterocycles. The Kier molecular flexibility index (Phi) is 5.38. The van der Waals surface area contributed by atoms with Gasteiger partial charge >= 0.3 is 0 Å². The van der Waals surface area contributed by atoms with Crippen molar-refractivity contribution < 1.29 is 8.78 Å². The van der Waals surface area contributed by atoms with E-state index in [0.717, 1.165) is 30.4 Å². The minimum absolute atomic E-state index is 0.642. The Balaban J connectivity index is 3.34. The van der Waals surface area contributed by atoms with Crippen molar-refractivity contribution in [2.45, 2.75) is 51.8 Å². The first-order chi connectivity index (χ1) is 8.04.